The minimum Gasteiger partial charge on any atom is -0.394 e. The molecule has 0 aliphatic carbocycles. The van der Waals surface area contributed by atoms with E-state index in [1.165, 1.54) is 0 Å². The Morgan fingerprint density at radius 1 is 1.08 bits per heavy atom. The summed E-state index contributed by atoms with van der Waals surface area (Å²) in [6.07, 6.45) is -6.84. The molecule has 12 heavy (non-hydrogen) atoms. The zero-order chi connectivity index (χ0) is 9.72. The van der Waals surface area contributed by atoms with Crippen LogP contribution in [0.2, 0.25) is 0 Å². The molecule has 5 N–H and O–H groups in total. The summed E-state index contributed by atoms with van der Waals surface area (Å²) in [4.78, 5) is 9.90. The van der Waals surface area contributed by atoms with Crippen LogP contribution in [0.3, 0.4) is 0 Å². The molecule has 0 fully saturated rings. The summed E-state index contributed by atoms with van der Waals surface area (Å²) >= 11 is 0. The highest BCUT2D eigenvalue weighted by Gasteiger charge is 2.29. The van der Waals surface area contributed by atoms with Gasteiger partial charge in [-0.3, -0.25) is 0 Å². The predicted molar refractivity (Wildman–Crippen MR) is 37.2 cm³/mol. The van der Waals surface area contributed by atoms with Gasteiger partial charge in [-0.1, -0.05) is 0 Å². The number of aliphatic hydroxyl groups is 5. The molecule has 6 nitrogen and oxygen atoms in total. The normalized spacial score (nSPS) is 21.1. The van der Waals surface area contributed by atoms with Crippen LogP contribution in [0.25, 0.3) is 0 Å². The Kier molecular flexibility index (Phi) is 4.95. The molecule has 4 atom stereocenters. The Bertz CT molecular complexity index is 138. The van der Waals surface area contributed by atoms with E-state index < -0.39 is 31.0 Å². The molecular weight excluding hydrogens is 169 g/mol. The molecule has 0 bridgehead atoms. The molecule has 0 aliphatic rings. The van der Waals surface area contributed by atoms with Crippen molar-refractivity contribution >= 4 is 6.29 Å². The van der Waals surface area contributed by atoms with E-state index in [1.54, 1.807) is 0 Å². The third kappa shape index (κ3) is 2.84. The first-order valence-corrected chi connectivity index (χ1v) is 3.33. The van der Waals surface area contributed by atoms with Crippen molar-refractivity contribution < 1.29 is 30.3 Å². The standard InChI is InChI=1S/C6H12O6/c7-1-3(9)5(11)6(12)4(10)2-8/h1,3-6,8-12H,2H2/t3-,4+,5-,6+/m1/s1/i3+1. The summed E-state index contributed by atoms with van der Waals surface area (Å²) in [6.45, 7) is -0.760. The van der Waals surface area contributed by atoms with Gasteiger partial charge < -0.3 is 30.3 Å². The van der Waals surface area contributed by atoms with Crippen LogP contribution in [-0.4, -0.2) is 62.8 Å². The maximum atomic E-state index is 9.90. The van der Waals surface area contributed by atoms with Crippen molar-refractivity contribution in [2.45, 2.75) is 24.4 Å². The second-order valence-corrected chi connectivity index (χ2v) is 2.36. The number of aliphatic hydroxyl groups excluding tert-OH is 5. The molecule has 0 aromatic rings. The van der Waals surface area contributed by atoms with Gasteiger partial charge in [-0.05, 0) is 0 Å². The monoisotopic (exact) mass is 181 g/mol. The maximum Gasteiger partial charge on any atom is 0.151 e. The summed E-state index contributed by atoms with van der Waals surface area (Å²) in [6, 6.07) is 0. The topological polar surface area (TPSA) is 118 Å². The maximum absolute atomic E-state index is 9.90. The first-order chi connectivity index (χ1) is 5.54. The molecule has 0 aliphatic heterocycles. The van der Waals surface area contributed by atoms with Crippen molar-refractivity contribution in [3.63, 3.8) is 0 Å². The molecule has 0 amide bonds. The summed E-state index contributed by atoms with van der Waals surface area (Å²) < 4.78 is 0. The number of hydrogen-bond donors (Lipinski definition) is 5. The number of hydrogen-bond acceptors (Lipinski definition) is 6. The van der Waals surface area contributed by atoms with Crippen LogP contribution < -0.4 is 0 Å². The van der Waals surface area contributed by atoms with Crippen molar-refractivity contribution in [2.24, 2.45) is 0 Å². The molecule has 0 saturated heterocycles. The Labute approximate surface area is 68.7 Å². The van der Waals surface area contributed by atoms with E-state index >= 15 is 0 Å². The van der Waals surface area contributed by atoms with Crippen LogP contribution in [0.1, 0.15) is 0 Å². The van der Waals surface area contributed by atoms with Crippen LogP contribution in [0.15, 0.2) is 0 Å². The molecule has 0 heterocycles. The second kappa shape index (κ2) is 5.18. The second-order valence-electron chi connectivity index (χ2n) is 2.36. The zero-order valence-corrected chi connectivity index (χ0v) is 6.24. The lowest BCUT2D eigenvalue weighted by Gasteiger charge is -2.22. The molecule has 0 aromatic heterocycles. The lowest BCUT2D eigenvalue weighted by molar-refractivity contribution is -0.136. The summed E-state index contributed by atoms with van der Waals surface area (Å²) in [5.41, 5.74) is 0. The van der Waals surface area contributed by atoms with Gasteiger partial charge in [0.25, 0.3) is 0 Å². The van der Waals surface area contributed by atoms with Gasteiger partial charge in [0.1, 0.15) is 24.4 Å². The summed E-state index contributed by atoms with van der Waals surface area (Å²) in [7, 11) is 0. The lowest BCUT2D eigenvalue weighted by Crippen LogP contribution is -2.46. The highest BCUT2D eigenvalue weighted by Crippen LogP contribution is 2.02. The Morgan fingerprint density at radius 3 is 1.92 bits per heavy atom. The van der Waals surface area contributed by atoms with Gasteiger partial charge in [0.05, 0.1) is 6.61 Å². The van der Waals surface area contributed by atoms with Gasteiger partial charge in [0.15, 0.2) is 6.29 Å². The summed E-state index contributed by atoms with van der Waals surface area (Å²) in [5, 5.41) is 43.5. The fourth-order valence-electron chi connectivity index (χ4n) is 0.618. The predicted octanol–water partition coefficient (Wildman–Crippen LogP) is -3.38. The average molecular weight is 181 g/mol. The van der Waals surface area contributed by atoms with E-state index in [1.807, 2.05) is 0 Å². The molecule has 0 radical (unpaired) electrons. The lowest BCUT2D eigenvalue weighted by atomic mass is 10.1. The molecule has 6 heteroatoms. The first kappa shape index (κ1) is 11.5. The van der Waals surface area contributed by atoms with Gasteiger partial charge >= 0.3 is 0 Å². The first-order valence-electron chi connectivity index (χ1n) is 3.33. The molecule has 0 spiro atoms. The molecule has 0 saturated carbocycles. The van der Waals surface area contributed by atoms with Gasteiger partial charge in [0.2, 0.25) is 0 Å². The van der Waals surface area contributed by atoms with Crippen molar-refractivity contribution in [1.82, 2.24) is 0 Å². The Hall–Kier alpha value is -0.530. The number of rotatable bonds is 5. The van der Waals surface area contributed by atoms with Crippen molar-refractivity contribution in [1.29, 1.82) is 0 Å². The fraction of sp³-hybridized carbons (Fsp3) is 0.833. The van der Waals surface area contributed by atoms with E-state index in [-0.39, 0.29) is 6.29 Å². The Balaban J connectivity index is 4.07. The van der Waals surface area contributed by atoms with Gasteiger partial charge in [-0.15, -0.1) is 0 Å². The third-order valence-corrected chi connectivity index (χ3v) is 1.42. The number of carbonyl (C=O) groups excluding carboxylic acids is 1. The zero-order valence-electron chi connectivity index (χ0n) is 6.24. The van der Waals surface area contributed by atoms with Crippen LogP contribution in [0, 0.1) is 0 Å². The molecule has 0 unspecified atom stereocenters. The van der Waals surface area contributed by atoms with Crippen molar-refractivity contribution in [3.05, 3.63) is 0 Å². The van der Waals surface area contributed by atoms with Gasteiger partial charge in [0, 0.05) is 0 Å². The van der Waals surface area contributed by atoms with Crippen molar-refractivity contribution in [2.75, 3.05) is 6.61 Å². The third-order valence-electron chi connectivity index (χ3n) is 1.42. The molecule has 0 rings (SSSR count). The van der Waals surface area contributed by atoms with E-state index in [2.05, 4.69) is 0 Å². The highest BCUT2D eigenvalue weighted by atomic mass is 16.4. The average Bonchev–Trinajstić information content (AvgIpc) is 2.12. The van der Waals surface area contributed by atoms with Gasteiger partial charge in [-0.2, -0.15) is 0 Å². The molecule has 72 valence electrons. The minimum atomic E-state index is -1.79. The SMILES string of the molecule is O=C[13C@@H](O)[C@@H](O)[C@@H](O)[C@@H](O)CO. The van der Waals surface area contributed by atoms with E-state index in [9.17, 15) is 4.79 Å². The Morgan fingerprint density at radius 2 is 1.58 bits per heavy atom. The summed E-state index contributed by atoms with van der Waals surface area (Å²) in [5.74, 6) is 0. The number of carbonyl (C=O) groups is 1. The largest absolute Gasteiger partial charge is 0.394 e. The molecule has 0 aromatic carbocycles. The molecular formula is C6H12O6. The highest BCUT2D eigenvalue weighted by molar-refractivity contribution is 5.56. The van der Waals surface area contributed by atoms with E-state index in [0.717, 1.165) is 0 Å². The fourth-order valence-corrected chi connectivity index (χ4v) is 0.618. The van der Waals surface area contributed by atoms with Gasteiger partial charge in [-0.25, -0.2) is 0 Å². The van der Waals surface area contributed by atoms with Crippen LogP contribution in [0.4, 0.5) is 0 Å². The smallest absolute Gasteiger partial charge is 0.151 e. The van der Waals surface area contributed by atoms with E-state index in [0.29, 0.717) is 0 Å². The van der Waals surface area contributed by atoms with Crippen LogP contribution >= 0.6 is 0 Å². The number of aldehydes is 1. The van der Waals surface area contributed by atoms with E-state index in [4.69, 9.17) is 25.5 Å². The van der Waals surface area contributed by atoms with Crippen LogP contribution in [-0.2, 0) is 4.79 Å². The van der Waals surface area contributed by atoms with Crippen LogP contribution in [0.5, 0.6) is 0 Å². The quantitative estimate of drug-likeness (QED) is 0.223. The minimum absolute atomic E-state index is 0.0258. The van der Waals surface area contributed by atoms with Crippen molar-refractivity contribution in [3.8, 4) is 0 Å².